The third-order valence-corrected chi connectivity index (χ3v) is 7.09. The number of rotatable bonds is 8. The predicted molar refractivity (Wildman–Crippen MR) is 127 cm³/mol. The van der Waals surface area contributed by atoms with Gasteiger partial charge < -0.3 is 0 Å². The van der Waals surface area contributed by atoms with Crippen molar-refractivity contribution in [1.29, 1.82) is 0 Å². The molecule has 0 saturated heterocycles. The smallest absolute Gasteiger partial charge is 0.0232 e. The van der Waals surface area contributed by atoms with Gasteiger partial charge in [0, 0.05) is 20.4 Å². The summed E-state index contributed by atoms with van der Waals surface area (Å²) in [4.78, 5) is 4.05. The van der Waals surface area contributed by atoms with E-state index in [2.05, 4.69) is 109 Å². The molecule has 0 aromatic heterocycles. The molecule has 2 heteroatoms. The maximum Gasteiger partial charge on any atom is 0.0232 e. The molecule has 0 aliphatic rings. The molecule has 0 unspecified atom stereocenters. The van der Waals surface area contributed by atoms with Crippen molar-refractivity contribution in [3.63, 3.8) is 0 Å². The van der Waals surface area contributed by atoms with Gasteiger partial charge in [0.25, 0.3) is 0 Å². The summed E-state index contributed by atoms with van der Waals surface area (Å²) in [5.41, 5.74) is 4.23. The quantitative estimate of drug-likeness (QED) is 0.270. The first-order valence-corrected chi connectivity index (χ1v) is 11.7. The van der Waals surface area contributed by atoms with Gasteiger partial charge in [-0.1, -0.05) is 96.7 Å². The molecule has 0 fully saturated rings. The normalized spacial score (nSPS) is 10.8. The van der Waals surface area contributed by atoms with Crippen molar-refractivity contribution in [2.75, 3.05) is 0 Å². The summed E-state index contributed by atoms with van der Waals surface area (Å²) < 4.78 is 0. The summed E-state index contributed by atoms with van der Waals surface area (Å²) in [6, 6.07) is 39.0. The highest BCUT2D eigenvalue weighted by molar-refractivity contribution is 8.00. The fourth-order valence-electron chi connectivity index (χ4n) is 3.29. The first kappa shape index (κ1) is 19.9. The Morgan fingerprint density at radius 1 is 0.483 bits per heavy atom. The van der Waals surface area contributed by atoms with Crippen LogP contribution >= 0.6 is 23.5 Å². The molecular weight excluding hydrogens is 388 g/mol. The Kier molecular flexibility index (Phi) is 7.12. The molecule has 0 aliphatic carbocycles. The zero-order valence-corrected chi connectivity index (χ0v) is 18.0. The van der Waals surface area contributed by atoms with E-state index in [9.17, 15) is 0 Å². The number of thioether (sulfide) groups is 1. The second kappa shape index (κ2) is 10.4. The Morgan fingerprint density at radius 3 is 1.76 bits per heavy atom. The van der Waals surface area contributed by atoms with E-state index >= 15 is 0 Å². The van der Waals surface area contributed by atoms with Crippen LogP contribution in [-0.2, 0) is 18.6 Å². The molecule has 0 spiro atoms. The molecule has 4 aromatic rings. The number of aryl methyl sites for hydroxylation is 1. The fourth-order valence-corrected chi connectivity index (χ4v) is 5.46. The van der Waals surface area contributed by atoms with Crippen molar-refractivity contribution < 1.29 is 0 Å². The van der Waals surface area contributed by atoms with E-state index in [0.29, 0.717) is 0 Å². The van der Waals surface area contributed by atoms with Gasteiger partial charge >= 0.3 is 0 Å². The zero-order valence-electron chi connectivity index (χ0n) is 16.3. The summed E-state index contributed by atoms with van der Waals surface area (Å²) in [5.74, 6) is 0.999. The van der Waals surface area contributed by atoms with E-state index in [1.807, 2.05) is 23.5 Å². The second-order valence-corrected chi connectivity index (χ2v) is 9.04. The summed E-state index contributed by atoms with van der Waals surface area (Å²) in [6.45, 7) is 0. The van der Waals surface area contributed by atoms with Crippen LogP contribution in [0.15, 0.2) is 124 Å². The van der Waals surface area contributed by atoms with Crippen molar-refractivity contribution in [3.8, 4) is 0 Å². The monoisotopic (exact) mass is 412 g/mol. The minimum atomic E-state index is 0.999. The van der Waals surface area contributed by atoms with E-state index in [0.717, 1.165) is 18.6 Å². The average molecular weight is 413 g/mol. The van der Waals surface area contributed by atoms with Gasteiger partial charge in [-0.3, -0.25) is 0 Å². The molecule has 0 N–H and O–H groups in total. The van der Waals surface area contributed by atoms with Crippen LogP contribution in [0, 0.1) is 0 Å². The Bertz CT molecular complexity index is 1010. The lowest BCUT2D eigenvalue weighted by Crippen LogP contribution is -1.97. The lowest BCUT2D eigenvalue weighted by atomic mass is 10.0. The third-order valence-electron chi connectivity index (χ3n) is 4.80. The highest BCUT2D eigenvalue weighted by atomic mass is 32.2. The Morgan fingerprint density at radius 2 is 1.07 bits per heavy atom. The number of benzene rings is 4. The Labute approximate surface area is 182 Å². The van der Waals surface area contributed by atoms with E-state index in [4.69, 9.17) is 0 Å². The van der Waals surface area contributed by atoms with Gasteiger partial charge in [0.2, 0.25) is 0 Å². The minimum absolute atomic E-state index is 0.999. The molecule has 0 saturated carbocycles. The van der Waals surface area contributed by atoms with Crippen molar-refractivity contribution in [2.45, 2.75) is 33.3 Å². The van der Waals surface area contributed by atoms with Crippen LogP contribution in [0.1, 0.15) is 16.7 Å². The molecule has 0 aliphatic heterocycles. The van der Waals surface area contributed by atoms with Crippen molar-refractivity contribution >= 4 is 23.5 Å². The minimum Gasteiger partial charge on any atom is -0.121 e. The lowest BCUT2D eigenvalue weighted by Gasteiger charge is -2.15. The number of hydrogen-bond acceptors (Lipinski definition) is 2. The van der Waals surface area contributed by atoms with Gasteiger partial charge in [-0.2, -0.15) is 0 Å². The van der Waals surface area contributed by atoms with Crippen molar-refractivity contribution in [2.24, 2.45) is 0 Å². The SMILES string of the molecule is c1ccc(CCc2c(SCc3ccccc3)cccc2Sc2ccccc2)cc1. The van der Waals surface area contributed by atoms with Crippen LogP contribution in [0.25, 0.3) is 0 Å². The molecule has 0 amide bonds. The Balaban J connectivity index is 1.59. The van der Waals surface area contributed by atoms with Crippen LogP contribution in [0.4, 0.5) is 0 Å². The van der Waals surface area contributed by atoms with E-state index in [-0.39, 0.29) is 0 Å². The van der Waals surface area contributed by atoms with Gasteiger partial charge in [0.05, 0.1) is 0 Å². The van der Waals surface area contributed by atoms with E-state index in [1.165, 1.54) is 31.4 Å². The van der Waals surface area contributed by atoms with Crippen LogP contribution in [0.2, 0.25) is 0 Å². The molecule has 144 valence electrons. The summed E-state index contributed by atoms with van der Waals surface area (Å²) in [6.07, 6.45) is 2.11. The summed E-state index contributed by atoms with van der Waals surface area (Å²) >= 11 is 3.82. The topological polar surface area (TPSA) is 0 Å². The molecule has 0 radical (unpaired) electrons. The Hall–Kier alpha value is -2.42. The van der Waals surface area contributed by atoms with Crippen LogP contribution < -0.4 is 0 Å². The first-order valence-electron chi connectivity index (χ1n) is 9.94. The molecule has 4 rings (SSSR count). The summed E-state index contributed by atoms with van der Waals surface area (Å²) in [5, 5.41) is 0. The zero-order chi connectivity index (χ0) is 19.7. The highest BCUT2D eigenvalue weighted by Gasteiger charge is 2.11. The molecular formula is C27H24S2. The third kappa shape index (κ3) is 5.79. The maximum atomic E-state index is 2.28. The van der Waals surface area contributed by atoms with Crippen molar-refractivity contribution in [1.82, 2.24) is 0 Å². The summed E-state index contributed by atoms with van der Waals surface area (Å²) in [7, 11) is 0. The maximum absolute atomic E-state index is 2.28. The van der Waals surface area contributed by atoms with Crippen LogP contribution in [0.5, 0.6) is 0 Å². The predicted octanol–water partition coefficient (Wildman–Crippen LogP) is 7.92. The molecule has 0 nitrogen and oxygen atoms in total. The van der Waals surface area contributed by atoms with Gasteiger partial charge in [-0.05, 0) is 53.8 Å². The second-order valence-electron chi connectivity index (χ2n) is 6.91. The average Bonchev–Trinajstić information content (AvgIpc) is 2.79. The molecule has 0 heterocycles. The first-order chi connectivity index (χ1) is 14.4. The van der Waals surface area contributed by atoms with Gasteiger partial charge in [0.1, 0.15) is 0 Å². The standard InChI is InChI=1S/C27H24S2/c1-4-11-22(12-5-1)19-20-25-26(28-21-23-13-6-2-7-14-23)17-10-18-27(25)29-24-15-8-3-9-16-24/h1-18H,19-21H2. The fraction of sp³-hybridized carbons (Fsp3) is 0.111. The van der Waals surface area contributed by atoms with E-state index in [1.54, 1.807) is 0 Å². The van der Waals surface area contributed by atoms with Crippen molar-refractivity contribution in [3.05, 3.63) is 126 Å². The van der Waals surface area contributed by atoms with Gasteiger partial charge in [0.15, 0.2) is 0 Å². The highest BCUT2D eigenvalue weighted by Crippen LogP contribution is 2.37. The van der Waals surface area contributed by atoms with Gasteiger partial charge in [-0.25, -0.2) is 0 Å². The largest absolute Gasteiger partial charge is 0.121 e. The molecule has 4 aromatic carbocycles. The number of hydrogen-bond donors (Lipinski definition) is 0. The molecule has 0 atom stereocenters. The molecule has 29 heavy (non-hydrogen) atoms. The van der Waals surface area contributed by atoms with Gasteiger partial charge in [-0.15, -0.1) is 11.8 Å². The van der Waals surface area contributed by atoms with E-state index < -0.39 is 0 Å². The van der Waals surface area contributed by atoms with Crippen LogP contribution in [0.3, 0.4) is 0 Å². The van der Waals surface area contributed by atoms with Crippen LogP contribution in [-0.4, -0.2) is 0 Å². The lowest BCUT2D eigenvalue weighted by molar-refractivity contribution is 0.906. The molecule has 0 bridgehead atoms.